The molecule has 4 atom stereocenters. The van der Waals surface area contributed by atoms with Crippen LogP contribution in [0.3, 0.4) is 0 Å². The molecule has 0 spiro atoms. The number of carbonyl (C=O) groups is 4. The van der Waals surface area contributed by atoms with Crippen LogP contribution in [-0.2, 0) is 14.4 Å². The standard InChI is InChI=1S/C20H17ClN2O5S/c1-9(24)10-3-5-11(6-4-10)23-17(25)14-15(18(23)26)20(2,19(27)28)22-16(14)12-7-8-13(21)29-12/h3-8,14-16,22H,1-2H3,(H,27,28). The van der Waals surface area contributed by atoms with Gasteiger partial charge >= 0.3 is 5.97 Å². The van der Waals surface area contributed by atoms with Crippen LogP contribution in [0.15, 0.2) is 36.4 Å². The van der Waals surface area contributed by atoms with Crippen molar-refractivity contribution in [3.05, 3.63) is 51.2 Å². The second kappa shape index (κ2) is 6.76. The third-order valence-electron chi connectivity index (χ3n) is 5.66. The smallest absolute Gasteiger partial charge is 0.324 e. The average molecular weight is 433 g/mol. The number of imide groups is 1. The summed E-state index contributed by atoms with van der Waals surface area (Å²) < 4.78 is 0.510. The quantitative estimate of drug-likeness (QED) is 0.568. The molecule has 2 amide bonds. The third kappa shape index (κ3) is 2.90. The molecule has 2 aliphatic rings. The van der Waals surface area contributed by atoms with E-state index in [-0.39, 0.29) is 5.78 Å². The van der Waals surface area contributed by atoms with Crippen molar-refractivity contribution >= 4 is 52.2 Å². The number of carboxylic acids is 1. The number of carbonyl (C=O) groups excluding carboxylic acids is 3. The van der Waals surface area contributed by atoms with Crippen molar-refractivity contribution in [1.82, 2.24) is 5.32 Å². The predicted octanol–water partition coefficient (Wildman–Crippen LogP) is 2.90. The highest BCUT2D eigenvalue weighted by molar-refractivity contribution is 7.16. The molecule has 7 nitrogen and oxygen atoms in total. The molecule has 2 aromatic rings. The topological polar surface area (TPSA) is 104 Å². The molecule has 2 aliphatic heterocycles. The van der Waals surface area contributed by atoms with E-state index in [9.17, 15) is 24.3 Å². The molecule has 1 aromatic heterocycles. The summed E-state index contributed by atoms with van der Waals surface area (Å²) in [4.78, 5) is 51.8. The molecule has 4 unspecified atom stereocenters. The Morgan fingerprint density at radius 3 is 2.31 bits per heavy atom. The van der Waals surface area contributed by atoms with Crippen molar-refractivity contribution in [2.45, 2.75) is 25.4 Å². The van der Waals surface area contributed by atoms with Gasteiger partial charge in [0.1, 0.15) is 5.54 Å². The highest BCUT2D eigenvalue weighted by Crippen LogP contribution is 2.50. The van der Waals surface area contributed by atoms with Crippen LogP contribution < -0.4 is 10.2 Å². The Bertz CT molecular complexity index is 1050. The van der Waals surface area contributed by atoms with Gasteiger partial charge in [-0.25, -0.2) is 4.90 Å². The number of rotatable bonds is 4. The fourth-order valence-electron chi connectivity index (χ4n) is 4.17. The van der Waals surface area contributed by atoms with E-state index in [2.05, 4.69) is 5.32 Å². The summed E-state index contributed by atoms with van der Waals surface area (Å²) in [5.74, 6) is -4.31. The number of halogens is 1. The molecule has 29 heavy (non-hydrogen) atoms. The van der Waals surface area contributed by atoms with Gasteiger partial charge in [0.05, 0.1) is 27.9 Å². The van der Waals surface area contributed by atoms with E-state index in [1.807, 2.05) is 0 Å². The van der Waals surface area contributed by atoms with Gasteiger partial charge in [-0.15, -0.1) is 11.3 Å². The number of hydrogen-bond donors (Lipinski definition) is 2. The maximum Gasteiger partial charge on any atom is 0.324 e. The number of anilines is 1. The normalized spacial score (nSPS) is 28.7. The number of aliphatic carboxylic acids is 1. The van der Waals surface area contributed by atoms with E-state index in [4.69, 9.17) is 11.6 Å². The molecule has 3 heterocycles. The molecule has 1 aromatic carbocycles. The van der Waals surface area contributed by atoms with Crippen LogP contribution >= 0.6 is 22.9 Å². The molecule has 0 radical (unpaired) electrons. The number of thiophene rings is 1. The van der Waals surface area contributed by atoms with Crippen molar-refractivity contribution in [2.75, 3.05) is 4.90 Å². The number of ketones is 1. The van der Waals surface area contributed by atoms with Crippen LogP contribution in [0.4, 0.5) is 5.69 Å². The van der Waals surface area contributed by atoms with Crippen LogP contribution in [0, 0.1) is 11.8 Å². The molecular formula is C20H17ClN2O5S. The minimum atomic E-state index is -1.60. The highest BCUT2D eigenvalue weighted by atomic mass is 35.5. The van der Waals surface area contributed by atoms with Crippen LogP contribution in [0.25, 0.3) is 0 Å². The number of benzene rings is 1. The Kier molecular flexibility index (Phi) is 4.60. The third-order valence-corrected chi connectivity index (χ3v) is 6.98. The van der Waals surface area contributed by atoms with Crippen molar-refractivity contribution in [3.63, 3.8) is 0 Å². The maximum absolute atomic E-state index is 13.3. The van der Waals surface area contributed by atoms with E-state index in [1.165, 1.54) is 49.4 Å². The molecule has 0 saturated carbocycles. The lowest BCUT2D eigenvalue weighted by molar-refractivity contribution is -0.147. The SMILES string of the molecule is CC(=O)c1ccc(N2C(=O)C3C(c4ccc(Cl)s4)NC(C)(C(=O)O)C3C2=O)cc1. The summed E-state index contributed by atoms with van der Waals surface area (Å²) in [5, 5.41) is 12.8. The number of nitrogens with one attached hydrogen (secondary N) is 1. The Morgan fingerprint density at radius 2 is 1.79 bits per heavy atom. The van der Waals surface area contributed by atoms with Gasteiger partial charge < -0.3 is 5.11 Å². The Labute approximate surface area is 175 Å². The monoisotopic (exact) mass is 432 g/mol. The molecule has 2 saturated heterocycles. The Balaban J connectivity index is 1.78. The first-order valence-corrected chi connectivity index (χ1v) is 10.1. The highest BCUT2D eigenvalue weighted by Gasteiger charge is 2.67. The minimum absolute atomic E-state index is 0.134. The van der Waals surface area contributed by atoms with Gasteiger partial charge in [0, 0.05) is 10.4 Å². The van der Waals surface area contributed by atoms with Crippen molar-refractivity contribution in [3.8, 4) is 0 Å². The predicted molar refractivity (Wildman–Crippen MR) is 107 cm³/mol. The van der Waals surface area contributed by atoms with Crippen molar-refractivity contribution in [2.24, 2.45) is 11.8 Å². The summed E-state index contributed by atoms with van der Waals surface area (Å²) in [6.45, 7) is 2.85. The number of amides is 2. The molecule has 9 heteroatoms. The molecule has 2 fully saturated rings. The van der Waals surface area contributed by atoms with E-state index < -0.39 is 41.2 Å². The molecule has 4 rings (SSSR count). The number of nitrogens with zero attached hydrogens (tertiary/aromatic N) is 1. The van der Waals surface area contributed by atoms with E-state index in [0.29, 0.717) is 20.5 Å². The van der Waals surface area contributed by atoms with Gasteiger partial charge in [-0.3, -0.25) is 24.5 Å². The fourth-order valence-corrected chi connectivity index (χ4v) is 5.33. The van der Waals surface area contributed by atoms with E-state index >= 15 is 0 Å². The van der Waals surface area contributed by atoms with Crippen LogP contribution in [-0.4, -0.2) is 34.2 Å². The number of carboxylic acid groups (broad SMARTS) is 1. The molecular weight excluding hydrogens is 416 g/mol. The number of Topliss-reactive ketones (excluding diaryl/α,β-unsaturated/α-hetero) is 1. The maximum atomic E-state index is 13.3. The first-order chi connectivity index (χ1) is 13.6. The van der Waals surface area contributed by atoms with Gasteiger partial charge in [0.25, 0.3) is 0 Å². The molecule has 0 aliphatic carbocycles. The first-order valence-electron chi connectivity index (χ1n) is 8.90. The average Bonchev–Trinajstić information content (AvgIpc) is 3.30. The lowest BCUT2D eigenvalue weighted by atomic mass is 9.81. The van der Waals surface area contributed by atoms with E-state index in [1.54, 1.807) is 12.1 Å². The summed E-state index contributed by atoms with van der Waals surface area (Å²) in [7, 11) is 0. The van der Waals surface area contributed by atoms with Crippen molar-refractivity contribution < 1.29 is 24.3 Å². The summed E-state index contributed by atoms with van der Waals surface area (Å²) in [6, 6.07) is 8.89. The molecule has 2 N–H and O–H groups in total. The fraction of sp³-hybridized carbons (Fsp3) is 0.300. The lowest BCUT2D eigenvalue weighted by Gasteiger charge is -2.27. The minimum Gasteiger partial charge on any atom is -0.480 e. The van der Waals surface area contributed by atoms with Crippen LogP contribution in [0.1, 0.15) is 35.1 Å². The van der Waals surface area contributed by atoms with E-state index in [0.717, 1.165) is 4.90 Å². The summed E-state index contributed by atoms with van der Waals surface area (Å²) in [5.41, 5.74) is -0.835. The second-order valence-electron chi connectivity index (χ2n) is 7.39. The van der Waals surface area contributed by atoms with Gasteiger partial charge in [0.2, 0.25) is 11.8 Å². The Hall–Kier alpha value is -2.55. The van der Waals surface area contributed by atoms with Gasteiger partial charge in [0.15, 0.2) is 5.78 Å². The lowest BCUT2D eigenvalue weighted by Crippen LogP contribution is -2.53. The molecule has 0 bridgehead atoms. The zero-order chi connectivity index (χ0) is 21.1. The van der Waals surface area contributed by atoms with Gasteiger partial charge in [-0.1, -0.05) is 11.6 Å². The molecule has 150 valence electrons. The number of fused-ring (bicyclic) bond motifs is 1. The Morgan fingerprint density at radius 1 is 1.14 bits per heavy atom. The number of hydrogen-bond acceptors (Lipinski definition) is 6. The van der Waals surface area contributed by atoms with Gasteiger partial charge in [-0.05, 0) is 50.2 Å². The van der Waals surface area contributed by atoms with Crippen LogP contribution in [0.5, 0.6) is 0 Å². The zero-order valence-corrected chi connectivity index (χ0v) is 17.1. The largest absolute Gasteiger partial charge is 0.480 e. The van der Waals surface area contributed by atoms with Gasteiger partial charge in [-0.2, -0.15) is 0 Å². The first kappa shape index (κ1) is 19.8. The zero-order valence-electron chi connectivity index (χ0n) is 15.5. The summed E-state index contributed by atoms with van der Waals surface area (Å²) in [6.07, 6.45) is 0. The van der Waals surface area contributed by atoms with Crippen molar-refractivity contribution in [1.29, 1.82) is 0 Å². The van der Waals surface area contributed by atoms with Crippen LogP contribution in [0.2, 0.25) is 4.34 Å². The summed E-state index contributed by atoms with van der Waals surface area (Å²) >= 11 is 7.27. The second-order valence-corrected chi connectivity index (χ2v) is 9.14.